The Morgan fingerprint density at radius 3 is 2.68 bits per heavy atom. The molecule has 0 aromatic heterocycles. The van der Waals surface area contributed by atoms with E-state index < -0.39 is 0 Å². The highest BCUT2D eigenvalue weighted by atomic mass is 32.2. The van der Waals surface area contributed by atoms with Crippen LogP contribution in [0.2, 0.25) is 0 Å². The highest BCUT2D eigenvalue weighted by Crippen LogP contribution is 2.33. The summed E-state index contributed by atoms with van der Waals surface area (Å²) in [7, 11) is 0. The Balaban J connectivity index is 1.73. The highest BCUT2D eigenvalue weighted by Gasteiger charge is 2.24. The fourth-order valence-electron chi connectivity index (χ4n) is 3.00. The number of aryl methyl sites for hydroxylation is 1. The number of hydrogen-bond donors (Lipinski definition) is 0. The van der Waals surface area contributed by atoms with Crippen molar-refractivity contribution in [2.24, 2.45) is 0 Å². The molecule has 0 aliphatic carbocycles. The van der Waals surface area contributed by atoms with Gasteiger partial charge in [-0.25, -0.2) is 0 Å². The minimum absolute atomic E-state index is 0.389. The summed E-state index contributed by atoms with van der Waals surface area (Å²) in [6, 6.07) is 19.9. The summed E-state index contributed by atoms with van der Waals surface area (Å²) in [6.45, 7) is 3.21. The minimum atomic E-state index is 0.389. The average molecular weight is 308 g/mol. The first kappa shape index (κ1) is 15.0. The van der Waals surface area contributed by atoms with Crippen molar-refractivity contribution in [3.8, 4) is 6.07 Å². The van der Waals surface area contributed by atoms with E-state index in [4.69, 9.17) is 5.26 Å². The van der Waals surface area contributed by atoms with E-state index in [-0.39, 0.29) is 0 Å². The molecule has 0 bridgehead atoms. The Morgan fingerprint density at radius 2 is 1.95 bits per heavy atom. The molecule has 2 aromatic rings. The maximum Gasteiger partial charge on any atom is 0.0643 e. The maximum atomic E-state index is 8.95. The third-order valence-electron chi connectivity index (χ3n) is 4.19. The van der Waals surface area contributed by atoms with Crippen LogP contribution in [0.1, 0.15) is 24.8 Å². The van der Waals surface area contributed by atoms with E-state index in [9.17, 15) is 0 Å². The van der Waals surface area contributed by atoms with Gasteiger partial charge < -0.3 is 4.90 Å². The molecular formula is C19H20N2S. The van der Waals surface area contributed by atoms with Crippen LogP contribution in [0.25, 0.3) is 0 Å². The lowest BCUT2D eigenvalue weighted by Crippen LogP contribution is -2.28. The molecule has 1 heterocycles. The van der Waals surface area contributed by atoms with Crippen LogP contribution in [0, 0.1) is 18.3 Å². The Labute approximate surface area is 136 Å². The largest absolute Gasteiger partial charge is 0.368 e. The smallest absolute Gasteiger partial charge is 0.0643 e. The second kappa shape index (κ2) is 6.89. The summed E-state index contributed by atoms with van der Waals surface area (Å²) in [4.78, 5) is 4.94. The summed E-state index contributed by atoms with van der Waals surface area (Å²) in [5.74, 6) is 0. The van der Waals surface area contributed by atoms with Gasteiger partial charge >= 0.3 is 0 Å². The van der Waals surface area contributed by atoms with Crippen molar-refractivity contribution in [1.82, 2.24) is 0 Å². The van der Waals surface area contributed by atoms with E-state index in [2.05, 4.69) is 66.4 Å². The Bertz CT molecular complexity index is 673. The van der Waals surface area contributed by atoms with Crippen LogP contribution in [0.15, 0.2) is 58.3 Å². The summed E-state index contributed by atoms with van der Waals surface area (Å²) in [5.41, 5.74) is 2.55. The molecule has 0 saturated carbocycles. The van der Waals surface area contributed by atoms with Gasteiger partial charge in [-0.1, -0.05) is 30.0 Å². The molecule has 0 unspecified atom stereocenters. The number of rotatable bonds is 4. The second-order valence-corrected chi connectivity index (χ2v) is 6.83. The first-order valence-corrected chi connectivity index (χ1v) is 8.57. The van der Waals surface area contributed by atoms with Crippen molar-refractivity contribution in [3.63, 3.8) is 0 Å². The van der Waals surface area contributed by atoms with Gasteiger partial charge in [0.2, 0.25) is 0 Å². The van der Waals surface area contributed by atoms with Crippen molar-refractivity contribution >= 4 is 17.4 Å². The normalized spacial score (nSPS) is 17.5. The number of hydrogen-bond acceptors (Lipinski definition) is 3. The van der Waals surface area contributed by atoms with Gasteiger partial charge in [-0.05, 0) is 55.7 Å². The second-order valence-electron chi connectivity index (χ2n) is 5.71. The topological polar surface area (TPSA) is 27.0 Å². The lowest BCUT2D eigenvalue weighted by Gasteiger charge is -2.25. The monoisotopic (exact) mass is 308 g/mol. The van der Waals surface area contributed by atoms with Crippen LogP contribution in [0.5, 0.6) is 0 Å². The van der Waals surface area contributed by atoms with Gasteiger partial charge in [0.25, 0.3) is 0 Å². The predicted octanol–water partition coefficient (Wildman–Crippen LogP) is 5.03. The van der Waals surface area contributed by atoms with Gasteiger partial charge in [0.1, 0.15) is 0 Å². The molecule has 0 amide bonds. The van der Waals surface area contributed by atoms with Crippen LogP contribution in [0.4, 0.5) is 5.69 Å². The molecule has 1 atom stereocenters. The van der Waals surface area contributed by atoms with Gasteiger partial charge in [0, 0.05) is 28.1 Å². The Morgan fingerprint density at radius 1 is 1.18 bits per heavy atom. The van der Waals surface area contributed by atoms with Gasteiger partial charge in [-0.3, -0.25) is 0 Å². The summed E-state index contributed by atoms with van der Waals surface area (Å²) in [6.07, 6.45) is 2.94. The molecule has 0 N–H and O–H groups in total. The van der Waals surface area contributed by atoms with Gasteiger partial charge in [-0.15, -0.1) is 0 Å². The Hall–Kier alpha value is -1.92. The van der Waals surface area contributed by atoms with Crippen molar-refractivity contribution in [3.05, 3.63) is 54.1 Å². The van der Waals surface area contributed by atoms with E-state index in [1.54, 1.807) is 11.8 Å². The van der Waals surface area contributed by atoms with Crippen molar-refractivity contribution < 1.29 is 0 Å². The van der Waals surface area contributed by atoms with Gasteiger partial charge in [0.05, 0.1) is 12.5 Å². The highest BCUT2D eigenvalue weighted by molar-refractivity contribution is 7.99. The van der Waals surface area contributed by atoms with Crippen LogP contribution < -0.4 is 4.90 Å². The lowest BCUT2D eigenvalue weighted by molar-refractivity contribution is 0.683. The van der Waals surface area contributed by atoms with Crippen LogP contribution in [-0.2, 0) is 0 Å². The molecular weight excluding hydrogens is 288 g/mol. The van der Waals surface area contributed by atoms with Crippen LogP contribution in [-0.4, -0.2) is 12.6 Å². The third kappa shape index (κ3) is 3.28. The third-order valence-corrected chi connectivity index (χ3v) is 5.38. The zero-order chi connectivity index (χ0) is 15.4. The maximum absolute atomic E-state index is 8.95. The van der Waals surface area contributed by atoms with E-state index >= 15 is 0 Å². The van der Waals surface area contributed by atoms with E-state index in [0.717, 1.165) is 13.0 Å². The zero-order valence-electron chi connectivity index (χ0n) is 12.8. The molecule has 3 heteroatoms. The molecule has 2 aromatic carbocycles. The Kier molecular flexibility index (Phi) is 4.70. The average Bonchev–Trinajstić information content (AvgIpc) is 2.99. The molecule has 1 aliphatic heterocycles. The molecule has 0 radical (unpaired) electrons. The zero-order valence-corrected chi connectivity index (χ0v) is 13.6. The first-order valence-electron chi connectivity index (χ1n) is 7.75. The molecule has 3 rings (SSSR count). The van der Waals surface area contributed by atoms with E-state index in [1.807, 2.05) is 0 Å². The van der Waals surface area contributed by atoms with E-state index in [0.29, 0.717) is 12.5 Å². The summed E-state index contributed by atoms with van der Waals surface area (Å²) < 4.78 is 0. The van der Waals surface area contributed by atoms with Crippen molar-refractivity contribution in [1.29, 1.82) is 5.26 Å². The molecule has 112 valence electrons. The first-order chi connectivity index (χ1) is 10.8. The number of nitrogens with zero attached hydrogens (tertiary/aromatic N) is 2. The van der Waals surface area contributed by atoms with Crippen molar-refractivity contribution in [2.45, 2.75) is 42.0 Å². The standard InChI is InChI=1S/C19H20N2S/c1-15-5-2-3-7-19(15)22-18-10-8-17(9-11-18)21-14-4-6-16(21)12-13-20/h2-3,5,7-11,16H,4,6,12,14H2,1H3/t16-/m0/s1. The quantitative estimate of drug-likeness (QED) is 0.792. The molecule has 1 fully saturated rings. The van der Waals surface area contributed by atoms with Gasteiger partial charge in [-0.2, -0.15) is 5.26 Å². The molecule has 1 aliphatic rings. The SMILES string of the molecule is Cc1ccccc1Sc1ccc(N2CCC[C@H]2CC#N)cc1. The predicted molar refractivity (Wildman–Crippen MR) is 92.3 cm³/mol. The van der Waals surface area contributed by atoms with Crippen molar-refractivity contribution in [2.75, 3.05) is 11.4 Å². The summed E-state index contributed by atoms with van der Waals surface area (Å²) >= 11 is 1.81. The molecule has 22 heavy (non-hydrogen) atoms. The lowest BCUT2D eigenvalue weighted by atomic mass is 10.1. The molecule has 2 nitrogen and oxygen atoms in total. The minimum Gasteiger partial charge on any atom is -0.368 e. The van der Waals surface area contributed by atoms with Gasteiger partial charge in [0.15, 0.2) is 0 Å². The summed E-state index contributed by atoms with van der Waals surface area (Å²) in [5, 5.41) is 8.95. The molecule has 0 spiro atoms. The van der Waals surface area contributed by atoms with Crippen LogP contribution >= 0.6 is 11.8 Å². The fourth-order valence-corrected chi connectivity index (χ4v) is 3.90. The number of benzene rings is 2. The fraction of sp³-hybridized carbons (Fsp3) is 0.316. The number of nitriles is 1. The van der Waals surface area contributed by atoms with Crippen LogP contribution in [0.3, 0.4) is 0 Å². The molecule has 1 saturated heterocycles. The van der Waals surface area contributed by atoms with E-state index in [1.165, 1.54) is 27.5 Å². The number of anilines is 1.